The van der Waals surface area contributed by atoms with Crippen molar-refractivity contribution in [1.29, 1.82) is 0 Å². The average molecular weight is 371 g/mol. The van der Waals surface area contributed by atoms with Crippen molar-refractivity contribution in [2.24, 2.45) is 5.92 Å². The molecule has 0 aromatic carbocycles. The van der Waals surface area contributed by atoms with Crippen molar-refractivity contribution in [2.75, 3.05) is 19.5 Å². The Morgan fingerprint density at radius 2 is 1.84 bits per heavy atom. The minimum Gasteiger partial charge on any atom is -0.473 e. The molecule has 0 bridgehead atoms. The number of hydrogen-bond acceptors (Lipinski definition) is 7. The third-order valence-electron chi connectivity index (χ3n) is 3.92. The van der Waals surface area contributed by atoms with Gasteiger partial charge in [0.25, 0.3) is 0 Å². The molecule has 1 heterocycles. The van der Waals surface area contributed by atoms with Crippen molar-refractivity contribution < 1.29 is 28.6 Å². The first kappa shape index (κ1) is 19.0. The number of nitrogens with zero attached hydrogens (tertiary/aromatic N) is 1. The fraction of sp³-hybridized carbons (Fsp3) is 0.500. The number of nitrogens with one attached hydrogen (secondary N) is 1. The molecule has 25 heavy (non-hydrogen) atoms. The van der Waals surface area contributed by atoms with Crippen LogP contribution >= 0.6 is 11.6 Å². The predicted octanol–water partition coefficient (Wildman–Crippen LogP) is 1.96. The first-order chi connectivity index (χ1) is 11.9. The molecular weight excluding hydrogens is 352 g/mol. The first-order valence-corrected chi connectivity index (χ1v) is 8.11. The third kappa shape index (κ3) is 5.06. The molecule has 1 amide bonds. The summed E-state index contributed by atoms with van der Waals surface area (Å²) in [4.78, 5) is 38.1. The van der Waals surface area contributed by atoms with E-state index in [1.807, 2.05) is 0 Å². The highest BCUT2D eigenvalue weighted by molar-refractivity contribution is 6.37. The zero-order valence-electron chi connectivity index (χ0n) is 13.9. The molecule has 1 fully saturated rings. The summed E-state index contributed by atoms with van der Waals surface area (Å²) < 4.78 is 14.8. The highest BCUT2D eigenvalue weighted by atomic mass is 35.5. The lowest BCUT2D eigenvalue weighted by Gasteiger charge is -2.27. The number of pyridine rings is 1. The molecule has 0 spiro atoms. The lowest BCUT2D eigenvalue weighted by atomic mass is 9.87. The Morgan fingerprint density at radius 3 is 2.40 bits per heavy atom. The molecule has 0 radical (unpaired) electrons. The second-order valence-electron chi connectivity index (χ2n) is 5.57. The lowest BCUT2D eigenvalue weighted by Crippen LogP contribution is -2.29. The minimum atomic E-state index is -1.01. The molecular formula is C16H19ClN2O6. The van der Waals surface area contributed by atoms with Crippen molar-refractivity contribution in [1.82, 2.24) is 4.98 Å². The van der Waals surface area contributed by atoms with Crippen LogP contribution in [0.1, 0.15) is 25.7 Å². The van der Waals surface area contributed by atoms with Gasteiger partial charge >= 0.3 is 17.8 Å². The molecule has 9 heteroatoms. The topological polar surface area (TPSA) is 104 Å². The molecule has 1 aliphatic carbocycles. The van der Waals surface area contributed by atoms with E-state index in [9.17, 15) is 14.4 Å². The molecule has 0 unspecified atom stereocenters. The van der Waals surface area contributed by atoms with Crippen LogP contribution in [0, 0.1) is 5.92 Å². The van der Waals surface area contributed by atoms with Crippen molar-refractivity contribution in [2.45, 2.75) is 31.8 Å². The Morgan fingerprint density at radius 1 is 1.16 bits per heavy atom. The molecule has 1 N–H and O–H groups in total. The van der Waals surface area contributed by atoms with Crippen molar-refractivity contribution in [3.8, 4) is 5.88 Å². The van der Waals surface area contributed by atoms with Gasteiger partial charge in [-0.15, -0.1) is 0 Å². The maximum absolute atomic E-state index is 11.5. The summed E-state index contributed by atoms with van der Waals surface area (Å²) in [6, 6.07) is 1.44. The SMILES string of the molecule is COC(=O)C(=O)Nc1cnc(O[C@H]2CC[C@@H](C(=O)OC)CC2)c(Cl)c1. The number of methoxy groups -OCH3 is 2. The molecule has 1 saturated carbocycles. The van der Waals surface area contributed by atoms with Crippen LogP contribution in [0.5, 0.6) is 5.88 Å². The first-order valence-electron chi connectivity index (χ1n) is 7.74. The minimum absolute atomic E-state index is 0.0933. The molecule has 2 rings (SSSR count). The normalized spacial score (nSPS) is 19.6. The number of carbonyl (C=O) groups is 3. The zero-order chi connectivity index (χ0) is 18.4. The van der Waals surface area contributed by atoms with Gasteiger partial charge in [-0.1, -0.05) is 11.6 Å². The van der Waals surface area contributed by atoms with Gasteiger partial charge in [-0.3, -0.25) is 9.59 Å². The molecule has 0 atom stereocenters. The van der Waals surface area contributed by atoms with Gasteiger partial charge in [0.15, 0.2) is 0 Å². The van der Waals surface area contributed by atoms with E-state index < -0.39 is 11.9 Å². The van der Waals surface area contributed by atoms with Crippen LogP contribution in [0.15, 0.2) is 12.3 Å². The monoisotopic (exact) mass is 370 g/mol. The quantitative estimate of drug-likeness (QED) is 0.638. The number of esters is 2. The van der Waals surface area contributed by atoms with Crippen LogP contribution in [-0.4, -0.2) is 43.2 Å². The number of carbonyl (C=O) groups excluding carboxylic acids is 3. The summed E-state index contributed by atoms with van der Waals surface area (Å²) >= 11 is 6.12. The number of aromatic nitrogens is 1. The fourth-order valence-electron chi connectivity index (χ4n) is 2.60. The Kier molecular flexibility index (Phi) is 6.58. The van der Waals surface area contributed by atoms with Crippen molar-refractivity contribution >= 4 is 35.1 Å². The van der Waals surface area contributed by atoms with Gasteiger partial charge < -0.3 is 19.5 Å². The summed E-state index contributed by atoms with van der Waals surface area (Å²) in [6.07, 6.45) is 3.99. The standard InChI is InChI=1S/C16H19ClN2O6/c1-23-15(21)9-3-5-11(6-4-9)25-14-12(17)7-10(8-18-14)19-13(20)16(22)24-2/h7-9,11H,3-6H2,1-2H3,(H,19,20)/t9-,11+. The van der Waals surface area contributed by atoms with Crippen LogP contribution < -0.4 is 10.1 Å². The summed E-state index contributed by atoms with van der Waals surface area (Å²) in [7, 11) is 2.49. The molecule has 1 aliphatic rings. The number of amides is 1. The van der Waals surface area contributed by atoms with E-state index in [2.05, 4.69) is 15.0 Å². The summed E-state index contributed by atoms with van der Waals surface area (Å²) in [5.41, 5.74) is 0.252. The second kappa shape index (κ2) is 8.66. The molecule has 1 aromatic rings. The van der Waals surface area contributed by atoms with Gasteiger partial charge in [-0.25, -0.2) is 9.78 Å². The number of ether oxygens (including phenoxy) is 3. The van der Waals surface area contributed by atoms with Gasteiger partial charge in [0.2, 0.25) is 5.88 Å². The predicted molar refractivity (Wildman–Crippen MR) is 88.3 cm³/mol. The van der Waals surface area contributed by atoms with Crippen molar-refractivity contribution in [3.63, 3.8) is 0 Å². The largest absolute Gasteiger partial charge is 0.473 e. The molecule has 136 valence electrons. The molecule has 8 nitrogen and oxygen atoms in total. The van der Waals surface area contributed by atoms with E-state index in [4.69, 9.17) is 21.1 Å². The van der Waals surface area contributed by atoms with Crippen LogP contribution in [-0.2, 0) is 23.9 Å². The molecule has 1 aromatic heterocycles. The maximum Gasteiger partial charge on any atom is 0.396 e. The van der Waals surface area contributed by atoms with Gasteiger partial charge in [0, 0.05) is 0 Å². The summed E-state index contributed by atoms with van der Waals surface area (Å²) in [5.74, 6) is -1.99. The van der Waals surface area contributed by atoms with Gasteiger partial charge in [0.05, 0.1) is 32.0 Å². The Hall–Kier alpha value is -2.35. The fourth-order valence-corrected chi connectivity index (χ4v) is 2.81. The van der Waals surface area contributed by atoms with Gasteiger partial charge in [0.1, 0.15) is 11.1 Å². The van der Waals surface area contributed by atoms with Crippen LogP contribution in [0.25, 0.3) is 0 Å². The summed E-state index contributed by atoms with van der Waals surface area (Å²) in [6.45, 7) is 0. The smallest absolute Gasteiger partial charge is 0.396 e. The van der Waals surface area contributed by atoms with Crippen LogP contribution in [0.4, 0.5) is 5.69 Å². The third-order valence-corrected chi connectivity index (χ3v) is 4.19. The second-order valence-corrected chi connectivity index (χ2v) is 5.98. The molecule has 0 saturated heterocycles. The van der Waals surface area contributed by atoms with Crippen LogP contribution in [0.2, 0.25) is 5.02 Å². The number of hydrogen-bond donors (Lipinski definition) is 1. The zero-order valence-corrected chi connectivity index (χ0v) is 14.7. The Labute approximate surface area is 149 Å². The van der Waals surface area contributed by atoms with Gasteiger partial charge in [-0.05, 0) is 31.7 Å². The average Bonchev–Trinajstić information content (AvgIpc) is 2.63. The van der Waals surface area contributed by atoms with E-state index in [0.29, 0.717) is 25.7 Å². The highest BCUT2D eigenvalue weighted by Crippen LogP contribution is 2.31. The van der Waals surface area contributed by atoms with E-state index in [-0.39, 0.29) is 34.6 Å². The highest BCUT2D eigenvalue weighted by Gasteiger charge is 2.28. The lowest BCUT2D eigenvalue weighted by molar-refractivity contribution is -0.150. The van der Waals surface area contributed by atoms with Crippen molar-refractivity contribution in [3.05, 3.63) is 17.3 Å². The number of rotatable bonds is 4. The Balaban J connectivity index is 1.92. The maximum atomic E-state index is 11.5. The number of anilines is 1. The van der Waals surface area contributed by atoms with E-state index >= 15 is 0 Å². The van der Waals surface area contributed by atoms with E-state index in [0.717, 1.165) is 7.11 Å². The van der Waals surface area contributed by atoms with E-state index in [1.54, 1.807) is 0 Å². The van der Waals surface area contributed by atoms with Crippen LogP contribution in [0.3, 0.4) is 0 Å². The Bertz CT molecular complexity index is 658. The van der Waals surface area contributed by atoms with Gasteiger partial charge in [-0.2, -0.15) is 0 Å². The number of halogens is 1. The summed E-state index contributed by atoms with van der Waals surface area (Å²) in [5, 5.41) is 2.53. The van der Waals surface area contributed by atoms with E-state index in [1.165, 1.54) is 19.4 Å². The molecule has 0 aliphatic heterocycles.